The number of carbonyl (C=O) groups excluding carboxylic acids is 1. The van der Waals surface area contributed by atoms with Crippen LogP contribution < -0.4 is 5.32 Å². The van der Waals surface area contributed by atoms with Crippen LogP contribution in [0.2, 0.25) is 15.1 Å². The Hall–Kier alpha value is -1.68. The summed E-state index contributed by atoms with van der Waals surface area (Å²) in [4.78, 5) is 12.3. The number of methoxy groups -OCH3 is 1. The molecule has 6 heteroatoms. The van der Waals surface area contributed by atoms with Crippen LogP contribution in [0.1, 0.15) is 39.9 Å². The third-order valence-corrected chi connectivity index (χ3v) is 6.05. The van der Waals surface area contributed by atoms with E-state index in [2.05, 4.69) is 17.5 Å². The van der Waals surface area contributed by atoms with E-state index in [9.17, 15) is 4.79 Å². The van der Waals surface area contributed by atoms with Crippen LogP contribution in [0.4, 0.5) is 5.69 Å². The molecule has 26 heavy (non-hydrogen) atoms. The fourth-order valence-corrected chi connectivity index (χ4v) is 4.77. The Kier molecular flexibility index (Phi) is 4.64. The third kappa shape index (κ3) is 2.79. The molecule has 0 aromatic heterocycles. The molecule has 1 aliphatic carbocycles. The molecule has 4 rings (SSSR count). The summed E-state index contributed by atoms with van der Waals surface area (Å²) in [5, 5.41) is 5.31. The number of nitrogens with one attached hydrogen (secondary N) is 1. The number of benzene rings is 2. The molecule has 0 amide bonds. The smallest absolute Gasteiger partial charge is 0.338 e. The molecule has 134 valence electrons. The molecule has 0 bridgehead atoms. The number of halogens is 3. The van der Waals surface area contributed by atoms with Crippen molar-refractivity contribution in [3.63, 3.8) is 0 Å². The Morgan fingerprint density at radius 2 is 1.96 bits per heavy atom. The van der Waals surface area contributed by atoms with Crippen molar-refractivity contribution >= 4 is 46.5 Å². The van der Waals surface area contributed by atoms with E-state index in [0.29, 0.717) is 20.6 Å². The molecule has 2 aromatic carbocycles. The van der Waals surface area contributed by atoms with Gasteiger partial charge in [0.1, 0.15) is 0 Å². The Morgan fingerprint density at radius 3 is 2.69 bits per heavy atom. The molecule has 2 aromatic rings. The number of hydrogen-bond donors (Lipinski definition) is 1. The monoisotopic (exact) mass is 407 g/mol. The van der Waals surface area contributed by atoms with Crippen molar-refractivity contribution in [3.05, 3.63) is 74.2 Å². The Balaban J connectivity index is 1.87. The molecule has 3 nitrogen and oxygen atoms in total. The van der Waals surface area contributed by atoms with Crippen molar-refractivity contribution in [2.45, 2.75) is 18.4 Å². The number of anilines is 1. The van der Waals surface area contributed by atoms with Gasteiger partial charge in [0.15, 0.2) is 0 Å². The second-order valence-corrected chi connectivity index (χ2v) is 7.77. The summed E-state index contributed by atoms with van der Waals surface area (Å²) in [5.74, 6) is -0.0689. The predicted molar refractivity (Wildman–Crippen MR) is 106 cm³/mol. The minimum Gasteiger partial charge on any atom is -0.465 e. The average Bonchev–Trinajstić information content (AvgIpc) is 3.11. The minimum absolute atomic E-state index is 0.0299. The largest absolute Gasteiger partial charge is 0.465 e. The lowest BCUT2D eigenvalue weighted by Gasteiger charge is -2.39. The van der Waals surface area contributed by atoms with E-state index in [-0.39, 0.29) is 23.8 Å². The molecular formula is C20H16Cl3NO2. The zero-order chi connectivity index (χ0) is 18.4. The van der Waals surface area contributed by atoms with Gasteiger partial charge < -0.3 is 10.1 Å². The maximum absolute atomic E-state index is 12.3. The third-order valence-electron chi connectivity index (χ3n) is 5.17. The molecule has 0 spiro atoms. The van der Waals surface area contributed by atoms with Crippen LogP contribution in [0, 0.1) is 5.92 Å². The Bertz CT molecular complexity index is 926. The summed E-state index contributed by atoms with van der Waals surface area (Å²) in [7, 11) is 1.39. The molecule has 0 saturated heterocycles. The normalized spacial score (nSPS) is 23.2. The van der Waals surface area contributed by atoms with Crippen molar-refractivity contribution in [1.29, 1.82) is 0 Å². The van der Waals surface area contributed by atoms with Crippen LogP contribution in [0.15, 0.2) is 42.5 Å². The van der Waals surface area contributed by atoms with E-state index in [1.807, 2.05) is 12.1 Å². The fourth-order valence-electron chi connectivity index (χ4n) is 4.02. The number of fused-ring (bicyclic) bond motifs is 3. The molecular weight excluding hydrogens is 393 g/mol. The molecule has 0 fully saturated rings. The highest BCUT2D eigenvalue weighted by Gasteiger charge is 2.41. The van der Waals surface area contributed by atoms with Gasteiger partial charge in [-0.2, -0.15) is 0 Å². The predicted octanol–water partition coefficient (Wildman–Crippen LogP) is 6.26. The topological polar surface area (TPSA) is 38.3 Å². The number of rotatable bonds is 2. The van der Waals surface area contributed by atoms with Gasteiger partial charge in [-0.1, -0.05) is 53.0 Å². The van der Waals surface area contributed by atoms with Gasteiger partial charge in [-0.05, 0) is 47.7 Å². The number of carbonyl (C=O) groups is 1. The van der Waals surface area contributed by atoms with E-state index in [1.165, 1.54) is 7.11 Å². The summed E-state index contributed by atoms with van der Waals surface area (Å²) in [5.41, 5.74) is 3.17. The highest BCUT2D eigenvalue weighted by atomic mass is 35.5. The molecule has 2 aliphatic rings. The highest BCUT2D eigenvalue weighted by molar-refractivity contribution is 6.35. The first-order valence-corrected chi connectivity index (χ1v) is 9.43. The van der Waals surface area contributed by atoms with Crippen LogP contribution in [-0.4, -0.2) is 13.1 Å². The maximum atomic E-state index is 12.3. The van der Waals surface area contributed by atoms with Crippen molar-refractivity contribution in [1.82, 2.24) is 0 Å². The van der Waals surface area contributed by atoms with Crippen LogP contribution in [0.3, 0.4) is 0 Å². The molecule has 0 saturated carbocycles. The molecule has 1 N–H and O–H groups in total. The molecule has 3 atom stereocenters. The number of esters is 1. The number of allylic oxidation sites excluding steroid dienone is 2. The van der Waals surface area contributed by atoms with Crippen molar-refractivity contribution < 1.29 is 9.53 Å². The highest BCUT2D eigenvalue weighted by Crippen LogP contribution is 2.53. The summed E-state index contributed by atoms with van der Waals surface area (Å²) >= 11 is 19.0. The fraction of sp³-hybridized carbons (Fsp3) is 0.250. The second kappa shape index (κ2) is 6.80. The van der Waals surface area contributed by atoms with Gasteiger partial charge in [0, 0.05) is 16.0 Å². The van der Waals surface area contributed by atoms with Gasteiger partial charge in [-0.25, -0.2) is 4.79 Å². The van der Waals surface area contributed by atoms with Gasteiger partial charge in [-0.15, -0.1) is 0 Å². The van der Waals surface area contributed by atoms with Crippen molar-refractivity contribution in [2.24, 2.45) is 5.92 Å². The standard InChI is InChI=1S/C20H16Cl3NO2/c1-26-20(25)14-7-8-15(22)19-17(14)11-3-2-4-12(11)18(24-19)13-6-5-10(21)9-16(13)23/h2-3,5-9,11-12,18,24H,4H2,1H3/t11-,12+,18-/m1/s1. The zero-order valence-electron chi connectivity index (χ0n) is 13.9. The lowest BCUT2D eigenvalue weighted by Crippen LogP contribution is -2.31. The first-order valence-electron chi connectivity index (χ1n) is 8.30. The summed E-state index contributed by atoms with van der Waals surface area (Å²) in [6.07, 6.45) is 5.17. The van der Waals surface area contributed by atoms with Gasteiger partial charge in [-0.3, -0.25) is 0 Å². The van der Waals surface area contributed by atoms with Crippen LogP contribution >= 0.6 is 34.8 Å². The zero-order valence-corrected chi connectivity index (χ0v) is 16.2. The van der Waals surface area contributed by atoms with E-state index >= 15 is 0 Å². The summed E-state index contributed by atoms with van der Waals surface area (Å²) < 4.78 is 4.96. The van der Waals surface area contributed by atoms with E-state index < -0.39 is 0 Å². The second-order valence-electron chi connectivity index (χ2n) is 6.52. The average molecular weight is 409 g/mol. The lowest BCUT2D eigenvalue weighted by molar-refractivity contribution is 0.0598. The van der Waals surface area contributed by atoms with E-state index in [4.69, 9.17) is 39.5 Å². The number of ether oxygens (including phenoxy) is 1. The van der Waals surface area contributed by atoms with Gasteiger partial charge in [0.05, 0.1) is 29.4 Å². The Morgan fingerprint density at radius 1 is 1.15 bits per heavy atom. The molecule has 1 heterocycles. The first-order chi connectivity index (χ1) is 12.5. The summed E-state index contributed by atoms with van der Waals surface area (Å²) in [6.45, 7) is 0. The van der Waals surface area contributed by atoms with Crippen molar-refractivity contribution in [3.8, 4) is 0 Å². The molecule has 1 aliphatic heterocycles. The van der Waals surface area contributed by atoms with Gasteiger partial charge >= 0.3 is 5.97 Å². The minimum atomic E-state index is -0.359. The maximum Gasteiger partial charge on any atom is 0.338 e. The van der Waals surface area contributed by atoms with Gasteiger partial charge in [0.25, 0.3) is 0 Å². The lowest BCUT2D eigenvalue weighted by atomic mass is 9.75. The van der Waals surface area contributed by atoms with Crippen LogP contribution in [0.25, 0.3) is 0 Å². The van der Waals surface area contributed by atoms with Gasteiger partial charge in [0.2, 0.25) is 0 Å². The molecule has 0 unspecified atom stereocenters. The van der Waals surface area contributed by atoms with Crippen LogP contribution in [-0.2, 0) is 4.74 Å². The molecule has 0 radical (unpaired) electrons. The first kappa shape index (κ1) is 17.7. The Labute approximate surface area is 166 Å². The quantitative estimate of drug-likeness (QED) is 0.471. The van der Waals surface area contributed by atoms with E-state index in [0.717, 1.165) is 23.2 Å². The van der Waals surface area contributed by atoms with E-state index in [1.54, 1.807) is 18.2 Å². The summed E-state index contributed by atoms with van der Waals surface area (Å²) in [6, 6.07) is 8.95. The number of hydrogen-bond acceptors (Lipinski definition) is 3. The van der Waals surface area contributed by atoms with Crippen molar-refractivity contribution in [2.75, 3.05) is 12.4 Å². The SMILES string of the molecule is COC(=O)c1ccc(Cl)c2c1[C@@H]1C=CC[C@@H]1[C@H](c1ccc(Cl)cc1Cl)N2. The van der Waals surface area contributed by atoms with Crippen LogP contribution in [0.5, 0.6) is 0 Å².